The third-order valence-electron chi connectivity index (χ3n) is 17.4. The van der Waals surface area contributed by atoms with Crippen molar-refractivity contribution < 1.29 is 24.5 Å². The Morgan fingerprint density at radius 1 is 0.329 bits per heavy atom. The molecule has 1 amide bonds. The zero-order valence-corrected chi connectivity index (χ0v) is 55.5. The number of nitrogens with one attached hydrogen (secondary N) is 1. The fourth-order valence-corrected chi connectivity index (χ4v) is 11.7. The second kappa shape index (κ2) is 71.6. The monoisotopic (exact) mass is 1150 g/mol. The van der Waals surface area contributed by atoms with E-state index in [1.807, 2.05) is 6.08 Å². The van der Waals surface area contributed by atoms with Gasteiger partial charge in [0, 0.05) is 12.8 Å². The van der Waals surface area contributed by atoms with Crippen LogP contribution >= 0.6 is 0 Å². The smallest absolute Gasteiger partial charge is 0.305 e. The second-order valence-corrected chi connectivity index (χ2v) is 25.6. The Balaban J connectivity index is 3.31. The highest BCUT2D eigenvalue weighted by molar-refractivity contribution is 5.76. The molecular weight excluding hydrogens is 1010 g/mol. The van der Waals surface area contributed by atoms with E-state index in [1.54, 1.807) is 6.08 Å². The Hall–Kier alpha value is -1.92. The lowest BCUT2D eigenvalue weighted by Crippen LogP contribution is -2.45. The average molecular weight is 1150 g/mol. The number of hydrogen-bond donors (Lipinski definition) is 3. The minimum Gasteiger partial charge on any atom is -0.466 e. The zero-order valence-electron chi connectivity index (χ0n) is 55.5. The summed E-state index contributed by atoms with van der Waals surface area (Å²) in [5.74, 6) is -0.0457. The molecule has 0 bridgehead atoms. The number of allylic oxidation sites excluding steroid dienone is 5. The van der Waals surface area contributed by atoms with Crippen LogP contribution in [0.25, 0.3) is 0 Å². The van der Waals surface area contributed by atoms with Crippen LogP contribution in [0.1, 0.15) is 412 Å². The minimum absolute atomic E-state index is 0.0188. The highest BCUT2D eigenvalue weighted by atomic mass is 16.5. The SMILES string of the molecule is CCCCCCCCC/C=C\CCCCCCCCCC(=O)OCCCCCCCCCCCCCCCCCC/C=C\CCCCCCCCCCCCCCCCCCCC(=O)NC(CO)C(O)/C=C/CCCCCCCCCC. The molecule has 2 atom stereocenters. The summed E-state index contributed by atoms with van der Waals surface area (Å²) in [5, 5.41) is 23.0. The molecule has 0 fully saturated rings. The molecule has 0 aliphatic carbocycles. The average Bonchev–Trinajstić information content (AvgIpc) is 3.48. The molecule has 0 aromatic carbocycles. The fourth-order valence-electron chi connectivity index (χ4n) is 11.7. The predicted octanol–water partition coefficient (Wildman–Crippen LogP) is 24.3. The van der Waals surface area contributed by atoms with Crippen LogP contribution < -0.4 is 5.32 Å². The van der Waals surface area contributed by atoms with Gasteiger partial charge >= 0.3 is 5.97 Å². The molecule has 0 aromatic heterocycles. The maximum Gasteiger partial charge on any atom is 0.305 e. The maximum atomic E-state index is 12.4. The van der Waals surface area contributed by atoms with Gasteiger partial charge in [-0.3, -0.25) is 9.59 Å². The first-order valence-corrected chi connectivity index (χ1v) is 37.3. The number of unbranched alkanes of at least 4 members (excludes halogenated alkanes) is 55. The van der Waals surface area contributed by atoms with Crippen LogP contribution in [-0.4, -0.2) is 47.4 Å². The highest BCUT2D eigenvalue weighted by Gasteiger charge is 2.18. The first kappa shape index (κ1) is 80.1. The van der Waals surface area contributed by atoms with E-state index >= 15 is 0 Å². The van der Waals surface area contributed by atoms with E-state index in [0.29, 0.717) is 19.4 Å². The summed E-state index contributed by atoms with van der Waals surface area (Å²) in [4.78, 5) is 24.5. The van der Waals surface area contributed by atoms with E-state index in [9.17, 15) is 19.8 Å². The van der Waals surface area contributed by atoms with Gasteiger partial charge in [-0.1, -0.05) is 352 Å². The van der Waals surface area contributed by atoms with Gasteiger partial charge < -0.3 is 20.3 Å². The van der Waals surface area contributed by atoms with Gasteiger partial charge in [-0.15, -0.1) is 0 Å². The Kier molecular flexibility index (Phi) is 69.9. The molecule has 0 saturated carbocycles. The van der Waals surface area contributed by atoms with Crippen LogP contribution in [0, 0.1) is 0 Å². The largest absolute Gasteiger partial charge is 0.466 e. The van der Waals surface area contributed by atoms with Crippen molar-refractivity contribution >= 4 is 11.9 Å². The molecule has 82 heavy (non-hydrogen) atoms. The predicted molar refractivity (Wildman–Crippen MR) is 361 cm³/mol. The standard InChI is InChI=1S/C76H145NO5/c1-3-5-7-9-11-13-15-16-17-18-41-44-47-50-54-58-62-66-70-76(81)82-71-67-63-59-55-51-48-45-42-39-37-35-33-31-29-27-25-23-21-19-20-22-24-26-28-30-32-34-36-38-40-43-46-49-53-57-61-65-69-75(80)77-73(72-78)74(79)68-64-60-56-52-14-12-10-8-6-4-2/h17-19,21,64,68,73-74,78-79H,3-16,20,22-63,65-67,69-72H2,1-2H3,(H,77,80)/b18-17-,21-19-,68-64+. The molecule has 0 aliphatic heterocycles. The number of aliphatic hydroxyl groups excluding tert-OH is 2. The van der Waals surface area contributed by atoms with Crippen molar-refractivity contribution in [2.24, 2.45) is 0 Å². The van der Waals surface area contributed by atoms with Crippen molar-refractivity contribution in [3.05, 3.63) is 36.5 Å². The van der Waals surface area contributed by atoms with E-state index in [4.69, 9.17) is 4.74 Å². The summed E-state index contributed by atoms with van der Waals surface area (Å²) in [5.41, 5.74) is 0. The van der Waals surface area contributed by atoms with Crippen LogP contribution in [0.15, 0.2) is 36.5 Å². The van der Waals surface area contributed by atoms with Crippen molar-refractivity contribution in [3.8, 4) is 0 Å². The lowest BCUT2D eigenvalue weighted by Gasteiger charge is -2.20. The zero-order chi connectivity index (χ0) is 59.2. The second-order valence-electron chi connectivity index (χ2n) is 25.6. The Morgan fingerprint density at radius 3 is 0.866 bits per heavy atom. The minimum atomic E-state index is -0.840. The van der Waals surface area contributed by atoms with Crippen LogP contribution in [-0.2, 0) is 14.3 Å². The number of carbonyl (C=O) groups excluding carboxylic acids is 2. The summed E-state index contributed by atoms with van der Waals surface area (Å²) in [6.07, 6.45) is 92.7. The third kappa shape index (κ3) is 67.2. The van der Waals surface area contributed by atoms with Crippen molar-refractivity contribution in [2.75, 3.05) is 13.2 Å². The van der Waals surface area contributed by atoms with Gasteiger partial charge in [-0.05, 0) is 83.5 Å². The van der Waals surface area contributed by atoms with Crippen LogP contribution in [0.5, 0.6) is 0 Å². The van der Waals surface area contributed by atoms with Crippen LogP contribution in [0.3, 0.4) is 0 Å². The molecule has 0 saturated heterocycles. The molecule has 484 valence electrons. The van der Waals surface area contributed by atoms with Crippen molar-refractivity contribution in [2.45, 2.75) is 424 Å². The molecular formula is C76H145NO5. The summed E-state index contributed by atoms with van der Waals surface area (Å²) >= 11 is 0. The number of carbonyl (C=O) groups is 2. The lowest BCUT2D eigenvalue weighted by molar-refractivity contribution is -0.143. The van der Waals surface area contributed by atoms with Crippen molar-refractivity contribution in [1.82, 2.24) is 5.32 Å². The Bertz CT molecular complexity index is 1330. The first-order valence-electron chi connectivity index (χ1n) is 37.3. The quantitative estimate of drug-likeness (QED) is 0.0320. The normalized spacial score (nSPS) is 12.7. The number of rotatable bonds is 70. The van der Waals surface area contributed by atoms with E-state index < -0.39 is 12.1 Å². The summed E-state index contributed by atoms with van der Waals surface area (Å²) in [6.45, 7) is 4.91. The van der Waals surface area contributed by atoms with E-state index in [2.05, 4.69) is 43.5 Å². The van der Waals surface area contributed by atoms with Gasteiger partial charge in [0.25, 0.3) is 0 Å². The van der Waals surface area contributed by atoms with Crippen molar-refractivity contribution in [1.29, 1.82) is 0 Å². The molecule has 6 heteroatoms. The summed E-state index contributed by atoms with van der Waals surface area (Å²) in [7, 11) is 0. The van der Waals surface area contributed by atoms with Crippen molar-refractivity contribution in [3.63, 3.8) is 0 Å². The van der Waals surface area contributed by atoms with E-state index in [0.717, 1.165) is 38.5 Å². The molecule has 0 heterocycles. The number of aliphatic hydroxyl groups is 2. The topological polar surface area (TPSA) is 95.9 Å². The van der Waals surface area contributed by atoms with Gasteiger partial charge in [-0.2, -0.15) is 0 Å². The highest BCUT2D eigenvalue weighted by Crippen LogP contribution is 2.19. The molecule has 0 aliphatic rings. The Morgan fingerprint density at radius 2 is 0.573 bits per heavy atom. The van der Waals surface area contributed by atoms with Crippen LogP contribution in [0.2, 0.25) is 0 Å². The summed E-state index contributed by atoms with van der Waals surface area (Å²) in [6, 6.07) is -0.623. The number of esters is 1. The fraction of sp³-hybridized carbons (Fsp3) is 0.895. The molecule has 0 spiro atoms. The molecule has 3 N–H and O–H groups in total. The Labute approximate surface area is 513 Å². The lowest BCUT2D eigenvalue weighted by atomic mass is 10.0. The van der Waals surface area contributed by atoms with Gasteiger partial charge in [0.15, 0.2) is 0 Å². The van der Waals surface area contributed by atoms with Gasteiger partial charge in [-0.25, -0.2) is 0 Å². The molecule has 0 aromatic rings. The first-order chi connectivity index (χ1) is 40.5. The maximum absolute atomic E-state index is 12.4. The summed E-state index contributed by atoms with van der Waals surface area (Å²) < 4.78 is 5.51. The third-order valence-corrected chi connectivity index (χ3v) is 17.4. The van der Waals surface area contributed by atoms with E-state index in [1.165, 1.54) is 347 Å². The molecule has 0 rings (SSSR count). The van der Waals surface area contributed by atoms with Gasteiger partial charge in [0.05, 0.1) is 25.4 Å². The molecule has 2 unspecified atom stereocenters. The van der Waals surface area contributed by atoms with Crippen LogP contribution in [0.4, 0.5) is 0 Å². The number of hydrogen-bond acceptors (Lipinski definition) is 5. The molecule has 0 radical (unpaired) electrons. The van der Waals surface area contributed by atoms with Gasteiger partial charge in [0.1, 0.15) is 0 Å². The number of ether oxygens (including phenoxy) is 1. The molecule has 6 nitrogen and oxygen atoms in total. The van der Waals surface area contributed by atoms with E-state index in [-0.39, 0.29) is 18.5 Å². The van der Waals surface area contributed by atoms with Gasteiger partial charge in [0.2, 0.25) is 5.91 Å². The number of amides is 1.